The van der Waals surface area contributed by atoms with E-state index in [0.29, 0.717) is 23.0 Å². The van der Waals surface area contributed by atoms with Crippen LogP contribution in [0.25, 0.3) is 5.69 Å². The molecule has 4 rings (SSSR count). The van der Waals surface area contributed by atoms with Gasteiger partial charge in [-0.15, -0.1) is 0 Å². The Kier molecular flexibility index (Phi) is 7.29. The Bertz CT molecular complexity index is 1620. The van der Waals surface area contributed by atoms with Crippen LogP contribution in [0.15, 0.2) is 82.5 Å². The number of nitrogens with zero attached hydrogens (tertiary/aromatic N) is 2. The minimum Gasteiger partial charge on any atom is -0.322 e. The van der Waals surface area contributed by atoms with E-state index in [1.54, 1.807) is 55.1 Å². The first-order chi connectivity index (χ1) is 17.5. The van der Waals surface area contributed by atoms with Crippen molar-refractivity contribution < 1.29 is 13.2 Å². The Morgan fingerprint density at radius 1 is 0.973 bits per heavy atom. The fourth-order valence-electron chi connectivity index (χ4n) is 3.88. The quantitative estimate of drug-likeness (QED) is 0.332. The molecule has 192 valence electrons. The van der Waals surface area contributed by atoms with E-state index in [1.165, 1.54) is 22.9 Å². The van der Waals surface area contributed by atoms with E-state index in [9.17, 15) is 18.0 Å². The number of nitrogens with one attached hydrogen (secondary N) is 2. The molecular weight excluding hydrogens is 512 g/mol. The van der Waals surface area contributed by atoms with Gasteiger partial charge in [-0.05, 0) is 60.9 Å². The van der Waals surface area contributed by atoms with Crippen molar-refractivity contribution in [3.63, 3.8) is 0 Å². The highest BCUT2D eigenvalue weighted by molar-refractivity contribution is 7.92. The van der Waals surface area contributed by atoms with E-state index in [1.807, 2.05) is 18.2 Å². The third-order valence-corrected chi connectivity index (χ3v) is 7.94. The topological polar surface area (TPSA) is 102 Å². The summed E-state index contributed by atoms with van der Waals surface area (Å²) in [5.41, 5.74) is 2.16. The fraction of sp³-hybridized carbons (Fsp3) is 0.185. The van der Waals surface area contributed by atoms with E-state index in [2.05, 4.69) is 23.9 Å². The van der Waals surface area contributed by atoms with Crippen LogP contribution in [0.4, 0.5) is 11.4 Å². The normalized spacial score (nSPS) is 11.5. The molecule has 4 aromatic rings. The lowest BCUT2D eigenvalue weighted by molar-refractivity contribution is 0.102. The standard InChI is InChI=1S/C27H27ClN4O4S/c1-17(2)19-10-13-21(14-11-19)29-26(33)20-12-15-23(28)24(16-20)37(35,36)30-25-18(3)31(4)32(27(25)34)22-8-6-5-7-9-22/h5-17,30H,1-4H3,(H,29,33). The number of carbonyl (C=O) groups excluding carboxylic acids is 1. The molecule has 0 radical (unpaired) electrons. The van der Waals surface area contributed by atoms with Crippen LogP contribution in [0.5, 0.6) is 0 Å². The Hall–Kier alpha value is -3.82. The van der Waals surface area contributed by atoms with Gasteiger partial charge in [-0.3, -0.25) is 19.0 Å². The minimum absolute atomic E-state index is 0.0812. The SMILES string of the molecule is Cc1c(NS(=O)(=O)c2cc(C(=O)Nc3ccc(C(C)C)cc3)ccc2Cl)c(=O)n(-c2ccccc2)n1C. The number of rotatable bonds is 7. The third-order valence-electron chi connectivity index (χ3n) is 6.11. The summed E-state index contributed by atoms with van der Waals surface area (Å²) in [4.78, 5) is 25.7. The van der Waals surface area contributed by atoms with Crippen molar-refractivity contribution in [1.29, 1.82) is 0 Å². The molecule has 0 aliphatic carbocycles. The first-order valence-corrected chi connectivity index (χ1v) is 13.4. The number of halogens is 1. The van der Waals surface area contributed by atoms with E-state index in [4.69, 9.17) is 11.6 Å². The summed E-state index contributed by atoms with van der Waals surface area (Å²) in [6, 6.07) is 20.3. The molecule has 0 atom stereocenters. The lowest BCUT2D eigenvalue weighted by Gasteiger charge is -2.11. The van der Waals surface area contributed by atoms with Gasteiger partial charge in [0.2, 0.25) is 0 Å². The molecule has 1 heterocycles. The molecular formula is C27H27ClN4O4S. The molecule has 0 saturated carbocycles. The molecule has 1 amide bonds. The molecule has 0 aliphatic heterocycles. The zero-order valence-electron chi connectivity index (χ0n) is 20.8. The molecule has 0 fully saturated rings. The highest BCUT2D eigenvalue weighted by Crippen LogP contribution is 2.26. The highest BCUT2D eigenvalue weighted by Gasteiger charge is 2.25. The number of amides is 1. The number of anilines is 2. The summed E-state index contributed by atoms with van der Waals surface area (Å²) in [6.45, 7) is 5.78. The van der Waals surface area contributed by atoms with E-state index >= 15 is 0 Å². The van der Waals surface area contributed by atoms with Crippen molar-refractivity contribution in [1.82, 2.24) is 9.36 Å². The average molecular weight is 539 g/mol. The van der Waals surface area contributed by atoms with Gasteiger partial charge < -0.3 is 5.32 Å². The zero-order valence-corrected chi connectivity index (χ0v) is 22.4. The maximum atomic E-state index is 13.3. The number of aromatic nitrogens is 2. The largest absolute Gasteiger partial charge is 0.322 e. The van der Waals surface area contributed by atoms with Crippen molar-refractivity contribution in [3.05, 3.63) is 105 Å². The van der Waals surface area contributed by atoms with Crippen LogP contribution in [0.2, 0.25) is 5.02 Å². The van der Waals surface area contributed by atoms with Crippen molar-refractivity contribution in [2.45, 2.75) is 31.6 Å². The van der Waals surface area contributed by atoms with E-state index < -0.39 is 21.5 Å². The van der Waals surface area contributed by atoms with Crippen LogP contribution in [0, 0.1) is 6.92 Å². The zero-order chi connectivity index (χ0) is 26.9. The number of para-hydroxylation sites is 1. The van der Waals surface area contributed by atoms with Crippen molar-refractivity contribution >= 4 is 38.9 Å². The molecule has 2 N–H and O–H groups in total. The molecule has 37 heavy (non-hydrogen) atoms. The maximum absolute atomic E-state index is 13.3. The van der Waals surface area contributed by atoms with Gasteiger partial charge in [-0.1, -0.05) is 55.8 Å². The molecule has 1 aromatic heterocycles. The molecule has 3 aromatic carbocycles. The van der Waals surface area contributed by atoms with Gasteiger partial charge in [0.05, 0.1) is 16.4 Å². The van der Waals surface area contributed by atoms with Crippen LogP contribution in [0.3, 0.4) is 0 Å². The summed E-state index contributed by atoms with van der Waals surface area (Å²) in [5.74, 6) is -0.140. The summed E-state index contributed by atoms with van der Waals surface area (Å²) >= 11 is 6.23. The monoisotopic (exact) mass is 538 g/mol. The summed E-state index contributed by atoms with van der Waals surface area (Å²) in [5, 5.41) is 2.68. The lowest BCUT2D eigenvalue weighted by atomic mass is 10.0. The maximum Gasteiger partial charge on any atom is 0.296 e. The van der Waals surface area contributed by atoms with Crippen LogP contribution < -0.4 is 15.6 Å². The van der Waals surface area contributed by atoms with Gasteiger partial charge in [0.25, 0.3) is 21.5 Å². The van der Waals surface area contributed by atoms with Crippen LogP contribution in [-0.2, 0) is 17.1 Å². The second-order valence-corrected chi connectivity index (χ2v) is 11.0. The fourth-order valence-corrected chi connectivity index (χ4v) is 5.52. The molecule has 0 unspecified atom stereocenters. The van der Waals surface area contributed by atoms with E-state index in [-0.39, 0.29) is 21.2 Å². The van der Waals surface area contributed by atoms with Gasteiger partial charge >= 0.3 is 0 Å². The van der Waals surface area contributed by atoms with Crippen molar-refractivity contribution in [2.75, 3.05) is 10.0 Å². The number of hydrogen-bond acceptors (Lipinski definition) is 4. The number of sulfonamides is 1. The lowest BCUT2D eigenvalue weighted by Crippen LogP contribution is -2.23. The van der Waals surface area contributed by atoms with Gasteiger partial charge in [0.1, 0.15) is 10.6 Å². The Labute approximate surface area is 220 Å². The summed E-state index contributed by atoms with van der Waals surface area (Å²) in [7, 11) is -2.65. The third kappa shape index (κ3) is 5.33. The second-order valence-electron chi connectivity index (χ2n) is 8.92. The summed E-state index contributed by atoms with van der Waals surface area (Å²) < 4.78 is 32.0. The predicted octanol–water partition coefficient (Wildman–Crippen LogP) is 5.31. The van der Waals surface area contributed by atoms with Crippen LogP contribution in [-0.4, -0.2) is 23.7 Å². The number of benzene rings is 3. The highest BCUT2D eigenvalue weighted by atomic mass is 35.5. The Morgan fingerprint density at radius 3 is 2.24 bits per heavy atom. The first-order valence-electron chi connectivity index (χ1n) is 11.6. The average Bonchev–Trinajstić information content (AvgIpc) is 3.07. The molecule has 0 saturated heterocycles. The Morgan fingerprint density at radius 2 is 1.62 bits per heavy atom. The first kappa shape index (κ1) is 26.2. The molecule has 0 spiro atoms. The van der Waals surface area contributed by atoms with Crippen LogP contribution in [0.1, 0.15) is 41.4 Å². The van der Waals surface area contributed by atoms with Gasteiger partial charge in [-0.2, -0.15) is 0 Å². The van der Waals surface area contributed by atoms with Crippen LogP contribution >= 0.6 is 11.6 Å². The van der Waals surface area contributed by atoms with E-state index in [0.717, 1.165) is 5.56 Å². The number of hydrogen-bond donors (Lipinski definition) is 2. The second kappa shape index (κ2) is 10.3. The van der Waals surface area contributed by atoms with Crippen molar-refractivity contribution in [2.24, 2.45) is 7.05 Å². The smallest absolute Gasteiger partial charge is 0.296 e. The molecule has 8 nitrogen and oxygen atoms in total. The van der Waals surface area contributed by atoms with Gasteiger partial charge in [0.15, 0.2) is 0 Å². The number of carbonyl (C=O) groups is 1. The van der Waals surface area contributed by atoms with Crippen molar-refractivity contribution in [3.8, 4) is 5.69 Å². The Balaban J connectivity index is 1.64. The van der Waals surface area contributed by atoms with Gasteiger partial charge in [0, 0.05) is 18.3 Å². The molecule has 10 heteroatoms. The molecule has 0 aliphatic rings. The summed E-state index contributed by atoms with van der Waals surface area (Å²) in [6.07, 6.45) is 0. The van der Waals surface area contributed by atoms with Gasteiger partial charge in [-0.25, -0.2) is 13.1 Å². The molecule has 0 bridgehead atoms. The minimum atomic E-state index is -4.31. The predicted molar refractivity (Wildman–Crippen MR) is 146 cm³/mol.